The van der Waals surface area contributed by atoms with Crippen LogP contribution in [0.15, 0.2) is 36.4 Å². The normalized spacial score (nSPS) is 17.2. The van der Waals surface area contributed by atoms with Crippen molar-refractivity contribution in [3.8, 4) is 11.5 Å². The number of methoxy groups -OCH3 is 1. The molecule has 1 saturated heterocycles. The molecule has 2 N–H and O–H groups in total. The lowest BCUT2D eigenvalue weighted by Gasteiger charge is -2.18. The average molecular weight is 390 g/mol. The molecule has 2 unspecified atom stereocenters. The standard InChI is InChI=1S/C21H24F2N2O3/c1-13(15-9-16(22)11-17(23)10-15)28-19-6-5-14(8-20(19)27-2)12-25-21(26)18-4-3-7-24-18/h5-6,8-11,13,18,24H,3-4,7,12H2,1-2H3,(H,25,26). The second kappa shape index (κ2) is 9.01. The van der Waals surface area contributed by atoms with Crippen LogP contribution < -0.4 is 20.1 Å². The van der Waals surface area contributed by atoms with E-state index in [1.54, 1.807) is 19.1 Å². The molecule has 2 aromatic carbocycles. The van der Waals surface area contributed by atoms with E-state index in [1.165, 1.54) is 19.2 Å². The summed E-state index contributed by atoms with van der Waals surface area (Å²) in [4.78, 5) is 12.1. The first kappa shape index (κ1) is 20.1. The third-order valence-corrected chi connectivity index (χ3v) is 4.73. The van der Waals surface area contributed by atoms with Gasteiger partial charge < -0.3 is 20.1 Å². The summed E-state index contributed by atoms with van der Waals surface area (Å²) in [5.41, 5.74) is 1.25. The van der Waals surface area contributed by atoms with Crippen LogP contribution in [0, 0.1) is 11.6 Å². The molecule has 0 spiro atoms. The number of hydrogen-bond donors (Lipinski definition) is 2. The predicted molar refractivity (Wildman–Crippen MR) is 101 cm³/mol. The highest BCUT2D eigenvalue weighted by Gasteiger charge is 2.21. The summed E-state index contributed by atoms with van der Waals surface area (Å²) in [6, 6.07) is 8.48. The van der Waals surface area contributed by atoms with Gasteiger partial charge in [0.05, 0.1) is 13.2 Å². The summed E-state index contributed by atoms with van der Waals surface area (Å²) in [5.74, 6) is -0.388. The first-order valence-corrected chi connectivity index (χ1v) is 9.27. The van der Waals surface area contributed by atoms with Crippen LogP contribution in [0.4, 0.5) is 8.78 Å². The summed E-state index contributed by atoms with van der Waals surface area (Å²) in [7, 11) is 1.51. The Morgan fingerprint density at radius 2 is 1.96 bits per heavy atom. The van der Waals surface area contributed by atoms with Crippen LogP contribution in [0.5, 0.6) is 11.5 Å². The van der Waals surface area contributed by atoms with Crippen LogP contribution in [-0.4, -0.2) is 25.6 Å². The number of carbonyl (C=O) groups excluding carboxylic acids is 1. The van der Waals surface area contributed by atoms with E-state index in [0.717, 1.165) is 31.0 Å². The van der Waals surface area contributed by atoms with Gasteiger partial charge in [0.1, 0.15) is 17.7 Å². The zero-order valence-corrected chi connectivity index (χ0v) is 15.9. The molecule has 28 heavy (non-hydrogen) atoms. The van der Waals surface area contributed by atoms with E-state index in [4.69, 9.17) is 9.47 Å². The van der Waals surface area contributed by atoms with Gasteiger partial charge in [-0.3, -0.25) is 4.79 Å². The predicted octanol–water partition coefficient (Wildman–Crippen LogP) is 3.48. The molecule has 150 valence electrons. The van der Waals surface area contributed by atoms with Crippen LogP contribution in [0.3, 0.4) is 0 Å². The maximum Gasteiger partial charge on any atom is 0.237 e. The largest absolute Gasteiger partial charge is 0.493 e. The summed E-state index contributed by atoms with van der Waals surface area (Å²) >= 11 is 0. The number of benzene rings is 2. The lowest BCUT2D eigenvalue weighted by Crippen LogP contribution is -2.39. The van der Waals surface area contributed by atoms with Gasteiger partial charge in [0, 0.05) is 12.6 Å². The molecule has 7 heteroatoms. The van der Waals surface area contributed by atoms with Crippen molar-refractivity contribution in [2.24, 2.45) is 0 Å². The van der Waals surface area contributed by atoms with Crippen molar-refractivity contribution in [1.82, 2.24) is 10.6 Å². The highest BCUT2D eigenvalue weighted by molar-refractivity contribution is 5.82. The fourth-order valence-electron chi connectivity index (χ4n) is 3.21. The Labute approximate surface area is 163 Å². The van der Waals surface area contributed by atoms with Gasteiger partial charge in [0.2, 0.25) is 5.91 Å². The van der Waals surface area contributed by atoms with Crippen LogP contribution in [0.1, 0.15) is 37.0 Å². The monoisotopic (exact) mass is 390 g/mol. The Hall–Kier alpha value is -2.67. The number of halogens is 2. The number of rotatable bonds is 7. The topological polar surface area (TPSA) is 59.6 Å². The van der Waals surface area contributed by atoms with E-state index >= 15 is 0 Å². The van der Waals surface area contributed by atoms with Crippen LogP contribution in [0.25, 0.3) is 0 Å². The maximum atomic E-state index is 13.4. The highest BCUT2D eigenvalue weighted by atomic mass is 19.1. The highest BCUT2D eigenvalue weighted by Crippen LogP contribution is 2.32. The number of nitrogens with one attached hydrogen (secondary N) is 2. The molecular formula is C21H24F2N2O3. The lowest BCUT2D eigenvalue weighted by molar-refractivity contribution is -0.122. The summed E-state index contributed by atoms with van der Waals surface area (Å²) in [6.07, 6.45) is 1.28. The van der Waals surface area contributed by atoms with Crippen molar-refractivity contribution in [3.05, 3.63) is 59.2 Å². The Balaban J connectivity index is 1.66. The van der Waals surface area contributed by atoms with Crippen molar-refractivity contribution in [1.29, 1.82) is 0 Å². The molecule has 2 atom stereocenters. The number of amides is 1. The summed E-state index contributed by atoms with van der Waals surface area (Å²) < 4.78 is 38.1. The van der Waals surface area contributed by atoms with Crippen molar-refractivity contribution in [2.45, 2.75) is 38.5 Å². The van der Waals surface area contributed by atoms with Crippen LogP contribution in [0.2, 0.25) is 0 Å². The lowest BCUT2D eigenvalue weighted by atomic mass is 10.1. The van der Waals surface area contributed by atoms with Gasteiger partial charge in [-0.05, 0) is 61.7 Å². The van der Waals surface area contributed by atoms with E-state index in [9.17, 15) is 13.6 Å². The summed E-state index contributed by atoms with van der Waals surface area (Å²) in [5, 5.41) is 6.07. The fourth-order valence-corrected chi connectivity index (χ4v) is 3.21. The second-order valence-electron chi connectivity index (χ2n) is 6.81. The zero-order chi connectivity index (χ0) is 20.1. The minimum absolute atomic E-state index is 0.0152. The molecule has 2 aromatic rings. The smallest absolute Gasteiger partial charge is 0.237 e. The van der Waals surface area contributed by atoms with Gasteiger partial charge in [-0.2, -0.15) is 0 Å². The number of carbonyl (C=O) groups is 1. The molecule has 0 radical (unpaired) electrons. The molecule has 1 fully saturated rings. The van der Waals surface area contributed by atoms with E-state index in [-0.39, 0.29) is 11.9 Å². The number of ether oxygens (including phenoxy) is 2. The SMILES string of the molecule is COc1cc(CNC(=O)C2CCCN2)ccc1OC(C)c1cc(F)cc(F)c1. The molecular weight excluding hydrogens is 366 g/mol. The van der Waals surface area contributed by atoms with Gasteiger partial charge >= 0.3 is 0 Å². The molecule has 0 aromatic heterocycles. The molecule has 0 aliphatic carbocycles. The summed E-state index contributed by atoms with van der Waals surface area (Å²) in [6.45, 7) is 2.94. The molecule has 1 amide bonds. The molecule has 5 nitrogen and oxygen atoms in total. The Morgan fingerprint density at radius 3 is 2.61 bits per heavy atom. The zero-order valence-electron chi connectivity index (χ0n) is 15.9. The average Bonchev–Trinajstić information content (AvgIpc) is 3.21. The second-order valence-corrected chi connectivity index (χ2v) is 6.81. The Morgan fingerprint density at radius 1 is 1.21 bits per heavy atom. The Kier molecular flexibility index (Phi) is 6.46. The fraction of sp³-hybridized carbons (Fsp3) is 0.381. The van der Waals surface area contributed by atoms with Crippen molar-refractivity contribution in [3.63, 3.8) is 0 Å². The van der Waals surface area contributed by atoms with Gasteiger partial charge in [0.25, 0.3) is 0 Å². The molecule has 0 saturated carbocycles. The number of hydrogen-bond acceptors (Lipinski definition) is 4. The van der Waals surface area contributed by atoms with Gasteiger partial charge in [-0.15, -0.1) is 0 Å². The molecule has 1 aliphatic rings. The van der Waals surface area contributed by atoms with Crippen molar-refractivity contribution in [2.75, 3.05) is 13.7 Å². The maximum absolute atomic E-state index is 13.4. The van der Waals surface area contributed by atoms with Gasteiger partial charge in [0.15, 0.2) is 11.5 Å². The minimum Gasteiger partial charge on any atom is -0.493 e. The Bertz CT molecular complexity index is 818. The van der Waals surface area contributed by atoms with Crippen molar-refractivity contribution < 1.29 is 23.0 Å². The molecule has 0 bridgehead atoms. The first-order valence-electron chi connectivity index (χ1n) is 9.27. The van der Waals surface area contributed by atoms with E-state index < -0.39 is 17.7 Å². The van der Waals surface area contributed by atoms with E-state index in [2.05, 4.69) is 10.6 Å². The third-order valence-electron chi connectivity index (χ3n) is 4.73. The van der Waals surface area contributed by atoms with E-state index in [0.29, 0.717) is 23.6 Å². The third kappa shape index (κ3) is 4.98. The molecule has 1 heterocycles. The van der Waals surface area contributed by atoms with Crippen LogP contribution in [-0.2, 0) is 11.3 Å². The van der Waals surface area contributed by atoms with Crippen LogP contribution >= 0.6 is 0 Å². The molecule has 1 aliphatic heterocycles. The first-order chi connectivity index (χ1) is 13.5. The van der Waals surface area contributed by atoms with Gasteiger partial charge in [-0.25, -0.2) is 8.78 Å². The molecule has 3 rings (SSSR count). The van der Waals surface area contributed by atoms with Crippen molar-refractivity contribution >= 4 is 5.91 Å². The minimum atomic E-state index is -0.653. The van der Waals surface area contributed by atoms with E-state index in [1.807, 2.05) is 6.07 Å². The van der Waals surface area contributed by atoms with Gasteiger partial charge in [-0.1, -0.05) is 6.07 Å². The quantitative estimate of drug-likeness (QED) is 0.760.